The summed E-state index contributed by atoms with van der Waals surface area (Å²) in [5, 5.41) is 0. The molecule has 1 aliphatic heterocycles. The van der Waals surface area contributed by atoms with Gasteiger partial charge in [0.1, 0.15) is 5.78 Å². The number of ketones is 1. The molecule has 0 radical (unpaired) electrons. The van der Waals surface area contributed by atoms with E-state index in [9.17, 15) is 18.0 Å². The molecule has 0 aromatic heterocycles. The second kappa shape index (κ2) is 5.85. The standard InChI is InChI=1S/C12H20F3NO/c1-3-9(2)11(17)8-16-6-4-5-10(7-16)12(13,14)15/h9-10H,3-8H2,1-2H3. The first kappa shape index (κ1) is 14.5. The van der Waals surface area contributed by atoms with Crippen LogP contribution in [0.2, 0.25) is 0 Å². The zero-order valence-electron chi connectivity index (χ0n) is 10.4. The molecule has 0 amide bonds. The number of Topliss-reactive ketones (excluding diaryl/α,β-unsaturated/α-hetero) is 1. The van der Waals surface area contributed by atoms with Gasteiger partial charge in [-0.2, -0.15) is 13.2 Å². The first-order valence-electron chi connectivity index (χ1n) is 6.16. The lowest BCUT2D eigenvalue weighted by Crippen LogP contribution is -2.44. The third kappa shape index (κ3) is 4.30. The number of carbonyl (C=O) groups excluding carboxylic acids is 1. The van der Waals surface area contributed by atoms with E-state index in [4.69, 9.17) is 0 Å². The molecule has 1 heterocycles. The van der Waals surface area contributed by atoms with E-state index in [1.165, 1.54) is 0 Å². The Labute approximate surface area is 100 Å². The van der Waals surface area contributed by atoms with E-state index < -0.39 is 12.1 Å². The molecule has 0 aromatic rings. The van der Waals surface area contributed by atoms with Crippen LogP contribution in [0.3, 0.4) is 0 Å². The van der Waals surface area contributed by atoms with E-state index in [1.54, 1.807) is 4.90 Å². The summed E-state index contributed by atoms with van der Waals surface area (Å²) in [6.45, 7) is 4.49. The zero-order chi connectivity index (χ0) is 13.1. The van der Waals surface area contributed by atoms with E-state index in [1.807, 2.05) is 13.8 Å². The van der Waals surface area contributed by atoms with Crippen LogP contribution in [0.4, 0.5) is 13.2 Å². The normalized spacial score (nSPS) is 24.6. The van der Waals surface area contributed by atoms with E-state index in [0.29, 0.717) is 13.0 Å². The average molecular weight is 251 g/mol. The Morgan fingerprint density at radius 3 is 2.65 bits per heavy atom. The summed E-state index contributed by atoms with van der Waals surface area (Å²) in [4.78, 5) is 13.3. The van der Waals surface area contributed by atoms with Crippen LogP contribution in [0.25, 0.3) is 0 Å². The Morgan fingerprint density at radius 2 is 2.12 bits per heavy atom. The highest BCUT2D eigenvalue weighted by Gasteiger charge is 2.41. The van der Waals surface area contributed by atoms with Crippen molar-refractivity contribution in [2.24, 2.45) is 11.8 Å². The number of rotatable bonds is 4. The summed E-state index contributed by atoms with van der Waals surface area (Å²) in [5.41, 5.74) is 0. The maximum absolute atomic E-state index is 12.6. The lowest BCUT2D eigenvalue weighted by Gasteiger charge is -2.33. The molecule has 2 atom stereocenters. The fourth-order valence-corrected chi connectivity index (χ4v) is 2.07. The summed E-state index contributed by atoms with van der Waals surface area (Å²) in [7, 11) is 0. The molecule has 5 heteroatoms. The minimum atomic E-state index is -4.13. The van der Waals surface area contributed by atoms with Gasteiger partial charge >= 0.3 is 6.18 Å². The quantitative estimate of drug-likeness (QED) is 0.765. The Morgan fingerprint density at radius 1 is 1.47 bits per heavy atom. The van der Waals surface area contributed by atoms with Gasteiger partial charge in [-0.1, -0.05) is 13.8 Å². The van der Waals surface area contributed by atoms with Gasteiger partial charge in [-0.05, 0) is 25.8 Å². The number of carbonyl (C=O) groups is 1. The Kier molecular flexibility index (Phi) is 4.98. The second-order valence-corrected chi connectivity index (χ2v) is 4.89. The molecule has 0 saturated carbocycles. The minimum Gasteiger partial charge on any atom is -0.298 e. The molecule has 0 bridgehead atoms. The molecule has 1 aliphatic rings. The van der Waals surface area contributed by atoms with Gasteiger partial charge in [-0.15, -0.1) is 0 Å². The van der Waals surface area contributed by atoms with Crippen molar-refractivity contribution in [3.63, 3.8) is 0 Å². The van der Waals surface area contributed by atoms with Crippen LogP contribution in [0, 0.1) is 11.8 Å². The highest BCUT2D eigenvalue weighted by atomic mass is 19.4. The van der Waals surface area contributed by atoms with Gasteiger partial charge in [0.25, 0.3) is 0 Å². The molecule has 1 rings (SSSR count). The second-order valence-electron chi connectivity index (χ2n) is 4.89. The van der Waals surface area contributed by atoms with Gasteiger partial charge in [0.2, 0.25) is 0 Å². The van der Waals surface area contributed by atoms with Crippen LogP contribution in [-0.4, -0.2) is 36.5 Å². The van der Waals surface area contributed by atoms with Crippen LogP contribution in [0.5, 0.6) is 0 Å². The van der Waals surface area contributed by atoms with Crippen LogP contribution in [-0.2, 0) is 4.79 Å². The fraction of sp³-hybridized carbons (Fsp3) is 0.917. The first-order valence-corrected chi connectivity index (χ1v) is 6.16. The number of hydrogen-bond acceptors (Lipinski definition) is 2. The number of alkyl halides is 3. The molecule has 0 aromatic carbocycles. The largest absolute Gasteiger partial charge is 0.393 e. The van der Waals surface area contributed by atoms with Crippen molar-refractivity contribution in [2.45, 2.75) is 39.3 Å². The molecule has 17 heavy (non-hydrogen) atoms. The molecule has 100 valence electrons. The lowest BCUT2D eigenvalue weighted by molar-refractivity contribution is -0.187. The fourth-order valence-electron chi connectivity index (χ4n) is 2.07. The van der Waals surface area contributed by atoms with Crippen molar-refractivity contribution in [1.82, 2.24) is 4.90 Å². The molecule has 1 saturated heterocycles. The number of likely N-dealkylation sites (tertiary alicyclic amines) is 1. The van der Waals surface area contributed by atoms with Crippen molar-refractivity contribution < 1.29 is 18.0 Å². The highest BCUT2D eigenvalue weighted by Crippen LogP contribution is 2.33. The van der Waals surface area contributed by atoms with Gasteiger partial charge in [-0.3, -0.25) is 9.69 Å². The van der Waals surface area contributed by atoms with Crippen LogP contribution in [0.15, 0.2) is 0 Å². The van der Waals surface area contributed by atoms with E-state index in [0.717, 1.165) is 6.42 Å². The topological polar surface area (TPSA) is 20.3 Å². The van der Waals surface area contributed by atoms with Crippen molar-refractivity contribution in [2.75, 3.05) is 19.6 Å². The summed E-state index contributed by atoms with van der Waals surface area (Å²) < 4.78 is 37.7. The molecule has 0 N–H and O–H groups in total. The monoisotopic (exact) mass is 251 g/mol. The predicted octanol–water partition coefficient (Wildman–Crippen LogP) is 2.88. The maximum Gasteiger partial charge on any atom is 0.393 e. The Hall–Kier alpha value is -0.580. The van der Waals surface area contributed by atoms with E-state index >= 15 is 0 Å². The molecular formula is C12H20F3NO. The molecular weight excluding hydrogens is 231 g/mol. The number of halogens is 3. The third-order valence-corrected chi connectivity index (χ3v) is 3.51. The van der Waals surface area contributed by atoms with Gasteiger partial charge < -0.3 is 0 Å². The molecule has 1 fully saturated rings. The smallest absolute Gasteiger partial charge is 0.298 e. The SMILES string of the molecule is CCC(C)C(=O)CN1CCCC(C(F)(F)F)C1. The maximum atomic E-state index is 12.6. The van der Waals surface area contributed by atoms with Crippen LogP contribution >= 0.6 is 0 Å². The van der Waals surface area contributed by atoms with Crippen LogP contribution in [0.1, 0.15) is 33.1 Å². The van der Waals surface area contributed by atoms with Crippen molar-refractivity contribution >= 4 is 5.78 Å². The van der Waals surface area contributed by atoms with E-state index in [2.05, 4.69) is 0 Å². The molecule has 2 unspecified atom stereocenters. The summed E-state index contributed by atoms with van der Waals surface area (Å²) >= 11 is 0. The molecule has 2 nitrogen and oxygen atoms in total. The first-order chi connectivity index (χ1) is 7.84. The van der Waals surface area contributed by atoms with Gasteiger partial charge in [0.15, 0.2) is 0 Å². The number of piperidine rings is 1. The van der Waals surface area contributed by atoms with Crippen molar-refractivity contribution in [3.8, 4) is 0 Å². The van der Waals surface area contributed by atoms with Crippen LogP contribution < -0.4 is 0 Å². The minimum absolute atomic E-state index is 0.0221. The van der Waals surface area contributed by atoms with Gasteiger partial charge in [0.05, 0.1) is 12.5 Å². The molecule has 0 spiro atoms. The summed E-state index contributed by atoms with van der Waals surface area (Å²) in [6, 6.07) is 0. The van der Waals surface area contributed by atoms with Gasteiger partial charge in [-0.25, -0.2) is 0 Å². The lowest BCUT2D eigenvalue weighted by atomic mass is 9.96. The molecule has 0 aliphatic carbocycles. The van der Waals surface area contributed by atoms with Crippen molar-refractivity contribution in [1.29, 1.82) is 0 Å². The Bertz CT molecular complexity index is 265. The summed E-state index contributed by atoms with van der Waals surface area (Å²) in [6.07, 6.45) is -2.66. The van der Waals surface area contributed by atoms with Gasteiger partial charge in [0, 0.05) is 12.5 Å². The highest BCUT2D eigenvalue weighted by molar-refractivity contribution is 5.82. The van der Waals surface area contributed by atoms with Crippen molar-refractivity contribution in [3.05, 3.63) is 0 Å². The predicted molar refractivity (Wildman–Crippen MR) is 59.7 cm³/mol. The number of hydrogen-bond donors (Lipinski definition) is 0. The zero-order valence-corrected chi connectivity index (χ0v) is 10.4. The Balaban J connectivity index is 2.48. The average Bonchev–Trinajstić information content (AvgIpc) is 2.27. The summed E-state index contributed by atoms with van der Waals surface area (Å²) in [5.74, 6) is -1.27. The third-order valence-electron chi connectivity index (χ3n) is 3.51. The number of nitrogens with zero attached hydrogens (tertiary/aromatic N) is 1. The van der Waals surface area contributed by atoms with E-state index in [-0.39, 0.29) is 31.2 Å².